The van der Waals surface area contributed by atoms with Crippen LogP contribution in [0.1, 0.15) is 20.7 Å². The van der Waals surface area contributed by atoms with Crippen LogP contribution in [0.3, 0.4) is 0 Å². The quantitative estimate of drug-likeness (QED) is 0.529. The summed E-state index contributed by atoms with van der Waals surface area (Å²) >= 11 is -1.91. The van der Waals surface area contributed by atoms with E-state index in [9.17, 15) is 22.9 Å². The van der Waals surface area contributed by atoms with E-state index in [1.54, 1.807) is 60.7 Å². The second-order valence-electron chi connectivity index (χ2n) is 5.46. The van der Waals surface area contributed by atoms with Crippen LogP contribution in [0.4, 0.5) is 0 Å². The zero-order chi connectivity index (χ0) is 18.7. The number of halogens is 1. The molecule has 0 saturated heterocycles. The predicted octanol–water partition coefficient (Wildman–Crippen LogP) is 4.90. The molecule has 0 unspecified atom stereocenters. The molecule has 26 heavy (non-hydrogen) atoms. The van der Waals surface area contributed by atoms with Crippen LogP contribution < -0.4 is 0 Å². The molecule has 3 aromatic rings. The van der Waals surface area contributed by atoms with Gasteiger partial charge < -0.3 is 10.2 Å². The molecule has 0 aromatic heterocycles. The van der Waals surface area contributed by atoms with Gasteiger partial charge in [0.1, 0.15) is 0 Å². The van der Waals surface area contributed by atoms with Crippen molar-refractivity contribution in [3.05, 3.63) is 81.4 Å². The minimum Gasteiger partial charge on any atom is -0.478 e. The summed E-state index contributed by atoms with van der Waals surface area (Å²) in [6, 6.07) is 18.6. The number of carboxylic acid groups (broad SMARTS) is 2. The molecule has 0 atom stereocenters. The molecule has 3 aromatic carbocycles. The van der Waals surface area contributed by atoms with Crippen LogP contribution in [0.15, 0.2) is 66.7 Å². The van der Waals surface area contributed by atoms with Crippen LogP contribution in [0.2, 0.25) is 0 Å². The standard InChI is InChI=1S/C20H13IO5/c22-19(23)15-11-14(12-7-3-1-4-8-12)17(20(24)25)16(18(15)21-26)13-9-5-2-6-10-13/h1-11H,(H,22,23)(H,24,25). The fourth-order valence-electron chi connectivity index (χ4n) is 2.84. The Morgan fingerprint density at radius 1 is 0.769 bits per heavy atom. The first-order valence-corrected chi connectivity index (χ1v) is 9.56. The van der Waals surface area contributed by atoms with E-state index in [0.29, 0.717) is 11.1 Å². The van der Waals surface area contributed by atoms with Gasteiger partial charge in [0.05, 0.1) is 14.7 Å². The molecule has 130 valence electrons. The highest BCUT2D eigenvalue weighted by atomic mass is 127. The van der Waals surface area contributed by atoms with Gasteiger partial charge in [0.15, 0.2) is 21.2 Å². The summed E-state index contributed by atoms with van der Waals surface area (Å²) in [5, 5.41) is 19.5. The van der Waals surface area contributed by atoms with Crippen LogP contribution in [0, 0.1) is 3.57 Å². The molecule has 0 aliphatic rings. The van der Waals surface area contributed by atoms with Crippen molar-refractivity contribution < 1.29 is 22.9 Å². The molecule has 0 aliphatic carbocycles. The molecule has 0 bridgehead atoms. The Hall–Kier alpha value is -2.87. The van der Waals surface area contributed by atoms with Gasteiger partial charge >= 0.3 is 11.9 Å². The minimum atomic E-state index is -1.91. The third kappa shape index (κ3) is 3.28. The molecule has 6 heteroatoms. The first-order valence-electron chi connectivity index (χ1n) is 7.60. The molecule has 0 spiro atoms. The number of hydrogen-bond donors (Lipinski definition) is 2. The zero-order valence-electron chi connectivity index (χ0n) is 13.3. The van der Waals surface area contributed by atoms with Crippen molar-refractivity contribution in [3.63, 3.8) is 0 Å². The van der Waals surface area contributed by atoms with Gasteiger partial charge in [-0.25, -0.2) is 9.59 Å². The van der Waals surface area contributed by atoms with Crippen LogP contribution in [0.25, 0.3) is 22.3 Å². The molecule has 0 radical (unpaired) electrons. The Morgan fingerprint density at radius 3 is 1.77 bits per heavy atom. The monoisotopic (exact) mass is 460 g/mol. The summed E-state index contributed by atoms with van der Waals surface area (Å²) in [7, 11) is 0. The van der Waals surface area contributed by atoms with Gasteiger partial charge in [-0.1, -0.05) is 60.7 Å². The summed E-state index contributed by atoms with van der Waals surface area (Å²) in [4.78, 5) is 23.9. The summed E-state index contributed by atoms with van der Waals surface area (Å²) in [6.45, 7) is 0. The summed E-state index contributed by atoms with van der Waals surface area (Å²) in [6.07, 6.45) is 0. The number of aromatic carboxylic acids is 2. The van der Waals surface area contributed by atoms with Gasteiger partial charge in [0.2, 0.25) is 0 Å². The average Bonchev–Trinajstić information content (AvgIpc) is 2.67. The maximum Gasteiger partial charge on any atom is 0.336 e. The van der Waals surface area contributed by atoms with Crippen LogP contribution in [-0.4, -0.2) is 22.2 Å². The Balaban J connectivity index is 2.51. The Bertz CT molecular complexity index is 998. The topological polar surface area (TPSA) is 91.7 Å². The molecule has 0 heterocycles. The van der Waals surface area contributed by atoms with E-state index in [-0.39, 0.29) is 25.8 Å². The van der Waals surface area contributed by atoms with Crippen LogP contribution in [-0.2, 0) is 3.07 Å². The van der Waals surface area contributed by atoms with E-state index in [0.717, 1.165) is 0 Å². The average molecular weight is 460 g/mol. The lowest BCUT2D eigenvalue weighted by atomic mass is 9.89. The lowest BCUT2D eigenvalue weighted by molar-refractivity contribution is 0.0681. The summed E-state index contributed by atoms with van der Waals surface area (Å²) in [5.74, 6) is -2.43. The molecular formula is C20H13IO5. The van der Waals surface area contributed by atoms with Gasteiger partial charge in [0, 0.05) is 5.56 Å². The van der Waals surface area contributed by atoms with Crippen molar-refractivity contribution >= 4 is 33.1 Å². The number of benzene rings is 3. The van der Waals surface area contributed by atoms with Gasteiger partial charge in [0.25, 0.3) is 0 Å². The smallest absolute Gasteiger partial charge is 0.336 e. The molecule has 0 aliphatic heterocycles. The van der Waals surface area contributed by atoms with E-state index in [2.05, 4.69) is 0 Å². The molecule has 0 saturated carbocycles. The van der Waals surface area contributed by atoms with Crippen LogP contribution in [0.5, 0.6) is 0 Å². The molecule has 2 N–H and O–H groups in total. The first-order chi connectivity index (χ1) is 12.5. The third-order valence-electron chi connectivity index (χ3n) is 3.93. The highest BCUT2D eigenvalue weighted by Gasteiger charge is 2.27. The maximum atomic E-state index is 12.1. The lowest BCUT2D eigenvalue weighted by Crippen LogP contribution is -2.10. The minimum absolute atomic E-state index is 0.0436. The number of hydrogen-bond acceptors (Lipinski definition) is 3. The van der Waals surface area contributed by atoms with Crippen molar-refractivity contribution in [1.82, 2.24) is 0 Å². The van der Waals surface area contributed by atoms with Crippen LogP contribution >= 0.6 is 21.2 Å². The Morgan fingerprint density at radius 2 is 1.31 bits per heavy atom. The van der Waals surface area contributed by atoms with Gasteiger partial charge in [-0.3, -0.25) is 3.07 Å². The second-order valence-corrected chi connectivity index (χ2v) is 6.97. The van der Waals surface area contributed by atoms with Crippen molar-refractivity contribution in [3.8, 4) is 22.3 Å². The fraction of sp³-hybridized carbons (Fsp3) is 0. The largest absolute Gasteiger partial charge is 0.478 e. The molecule has 5 nitrogen and oxygen atoms in total. The normalized spacial score (nSPS) is 10.5. The van der Waals surface area contributed by atoms with Crippen molar-refractivity contribution in [2.24, 2.45) is 0 Å². The number of rotatable bonds is 5. The maximum absolute atomic E-state index is 12.1. The fourth-order valence-corrected chi connectivity index (χ4v) is 4.26. The molecule has 0 amide bonds. The van der Waals surface area contributed by atoms with Crippen molar-refractivity contribution in [2.75, 3.05) is 0 Å². The highest BCUT2D eigenvalue weighted by Crippen LogP contribution is 2.39. The SMILES string of the molecule is O=Ic1c(C(=O)O)cc(-c2ccccc2)c(C(=O)O)c1-c1ccccc1. The van der Waals surface area contributed by atoms with E-state index < -0.39 is 33.1 Å². The van der Waals surface area contributed by atoms with Gasteiger partial charge in [-0.15, -0.1) is 0 Å². The number of carbonyl (C=O) groups is 2. The van der Waals surface area contributed by atoms with E-state index in [4.69, 9.17) is 0 Å². The first kappa shape index (κ1) is 17.9. The van der Waals surface area contributed by atoms with Gasteiger partial charge in [-0.2, -0.15) is 0 Å². The molecule has 3 rings (SSSR count). The Kier molecular flexibility index (Phi) is 5.22. The molecule has 0 fully saturated rings. The van der Waals surface area contributed by atoms with Crippen molar-refractivity contribution in [2.45, 2.75) is 0 Å². The van der Waals surface area contributed by atoms with E-state index in [1.807, 2.05) is 0 Å². The summed E-state index contributed by atoms with van der Waals surface area (Å²) < 4.78 is 12.0. The lowest BCUT2D eigenvalue weighted by Gasteiger charge is -2.16. The van der Waals surface area contributed by atoms with Gasteiger partial charge in [-0.05, 0) is 22.8 Å². The van der Waals surface area contributed by atoms with Crippen molar-refractivity contribution in [1.29, 1.82) is 0 Å². The highest BCUT2D eigenvalue weighted by molar-refractivity contribution is 14.1. The third-order valence-corrected chi connectivity index (χ3v) is 5.49. The Labute approximate surface area is 159 Å². The molecular weight excluding hydrogens is 447 g/mol. The predicted molar refractivity (Wildman–Crippen MR) is 105 cm³/mol. The number of carboxylic acids is 2. The summed E-state index contributed by atoms with van der Waals surface area (Å²) in [5.41, 5.74) is 1.43. The van der Waals surface area contributed by atoms with E-state index >= 15 is 0 Å². The van der Waals surface area contributed by atoms with E-state index in [1.165, 1.54) is 6.07 Å². The zero-order valence-corrected chi connectivity index (χ0v) is 15.5. The second kappa shape index (κ2) is 7.57.